The fourth-order valence-corrected chi connectivity index (χ4v) is 5.78. The van der Waals surface area contributed by atoms with Crippen molar-refractivity contribution in [3.05, 3.63) is 28.2 Å². The highest BCUT2D eigenvalue weighted by molar-refractivity contribution is 8.03. The maximum atomic E-state index is 12.2. The normalized spacial score (nSPS) is 12.6. The average molecular weight is 385 g/mol. The number of halogens is 2. The van der Waals surface area contributed by atoms with Gasteiger partial charge in [0.05, 0.1) is 20.7 Å². The molecule has 0 aliphatic rings. The van der Waals surface area contributed by atoms with Crippen LogP contribution in [0.4, 0.5) is 0 Å². The molecule has 0 saturated carbocycles. The smallest absolute Gasteiger partial charge is 0.175 e. The molecule has 0 saturated heterocycles. The molecule has 0 N–H and O–H groups in total. The zero-order valence-electron chi connectivity index (χ0n) is 10.3. The van der Waals surface area contributed by atoms with Gasteiger partial charge in [-0.05, 0) is 24.5 Å². The lowest BCUT2D eigenvalue weighted by Crippen LogP contribution is -2.01. The number of rotatable bonds is 6. The van der Waals surface area contributed by atoms with Crippen molar-refractivity contribution in [2.75, 3.05) is 17.8 Å². The summed E-state index contributed by atoms with van der Waals surface area (Å²) >= 11 is 16.6. The van der Waals surface area contributed by atoms with Gasteiger partial charge in [0.1, 0.15) is 0 Å². The molecule has 1 atom stereocenters. The van der Waals surface area contributed by atoms with Crippen molar-refractivity contribution in [1.82, 2.24) is 10.2 Å². The van der Waals surface area contributed by atoms with Gasteiger partial charge in [-0.1, -0.05) is 58.1 Å². The summed E-state index contributed by atoms with van der Waals surface area (Å²) in [6.07, 6.45) is 1.96. The molecule has 0 radical (unpaired) electrons. The Morgan fingerprint density at radius 3 is 2.75 bits per heavy atom. The summed E-state index contributed by atoms with van der Waals surface area (Å²) in [5.74, 6) is 1.19. The Morgan fingerprint density at radius 1 is 1.30 bits per heavy atom. The second-order valence-electron chi connectivity index (χ2n) is 3.51. The molecule has 1 aromatic heterocycles. The van der Waals surface area contributed by atoms with Crippen molar-refractivity contribution in [3.63, 3.8) is 0 Å². The highest BCUT2D eigenvalue weighted by atomic mass is 35.5. The van der Waals surface area contributed by atoms with Gasteiger partial charge in [0.2, 0.25) is 0 Å². The lowest BCUT2D eigenvalue weighted by Gasteiger charge is -2.04. The maximum Gasteiger partial charge on any atom is 0.175 e. The van der Waals surface area contributed by atoms with Crippen LogP contribution in [0.2, 0.25) is 10.0 Å². The molecule has 2 aromatic rings. The number of hydrogen-bond acceptors (Lipinski definition) is 6. The molecule has 0 unspecified atom stereocenters. The lowest BCUT2D eigenvalue weighted by molar-refractivity contribution is 0.684. The van der Waals surface area contributed by atoms with Crippen LogP contribution in [0.5, 0.6) is 0 Å². The van der Waals surface area contributed by atoms with Gasteiger partial charge in [0.25, 0.3) is 0 Å². The maximum absolute atomic E-state index is 12.2. The third-order valence-electron chi connectivity index (χ3n) is 2.20. The van der Waals surface area contributed by atoms with Crippen LogP contribution in [-0.4, -0.2) is 32.2 Å². The van der Waals surface area contributed by atoms with Crippen molar-refractivity contribution in [1.29, 1.82) is 0 Å². The minimum absolute atomic E-state index is 0.485. The number of hydrogen-bond donors (Lipinski definition) is 0. The van der Waals surface area contributed by atoms with Crippen LogP contribution in [-0.2, 0) is 10.8 Å². The molecule has 2 rings (SSSR count). The molecule has 1 aromatic carbocycles. The van der Waals surface area contributed by atoms with Crippen LogP contribution in [0.1, 0.15) is 0 Å². The minimum atomic E-state index is -1.16. The van der Waals surface area contributed by atoms with Crippen molar-refractivity contribution in [2.45, 2.75) is 13.6 Å². The van der Waals surface area contributed by atoms with Crippen LogP contribution in [0, 0.1) is 0 Å². The molecule has 0 bridgehead atoms. The zero-order valence-corrected chi connectivity index (χ0v) is 15.1. The Labute approximate surface area is 142 Å². The quantitative estimate of drug-likeness (QED) is 0.687. The molecular weight excluding hydrogens is 375 g/mol. The standard InChI is InChI=1S/C11H10Cl2N2OS4/c1-17-10-14-15-11(19-10)18-4-5-20(16)9-6-7(12)2-3-8(9)13/h2-3,6H,4-5H2,1H3/t20-/m0/s1. The molecule has 0 fully saturated rings. The first kappa shape index (κ1) is 16.6. The van der Waals surface area contributed by atoms with Gasteiger partial charge in [-0.15, -0.1) is 10.2 Å². The van der Waals surface area contributed by atoms with Crippen molar-refractivity contribution in [2.24, 2.45) is 0 Å². The zero-order chi connectivity index (χ0) is 14.5. The minimum Gasteiger partial charge on any atom is -0.254 e. The predicted octanol–water partition coefficient (Wildman–Crippen LogP) is 4.47. The second kappa shape index (κ2) is 8.00. The average Bonchev–Trinajstić information content (AvgIpc) is 2.89. The first-order chi connectivity index (χ1) is 9.60. The summed E-state index contributed by atoms with van der Waals surface area (Å²) < 4.78 is 14.0. The Kier molecular flexibility index (Phi) is 6.64. The summed E-state index contributed by atoms with van der Waals surface area (Å²) in [5, 5.41) is 9.09. The molecular formula is C11H10Cl2N2OS4. The Bertz CT molecular complexity index is 620. The van der Waals surface area contributed by atoms with Gasteiger partial charge in [0.15, 0.2) is 8.68 Å². The molecule has 9 heteroatoms. The number of aromatic nitrogens is 2. The molecule has 3 nitrogen and oxygen atoms in total. The summed E-state index contributed by atoms with van der Waals surface area (Å²) in [4.78, 5) is 0.585. The fourth-order valence-electron chi connectivity index (χ4n) is 1.30. The van der Waals surface area contributed by atoms with Crippen molar-refractivity contribution in [3.8, 4) is 0 Å². The Hall–Kier alpha value is 0.210. The SMILES string of the molecule is CSc1nnc(SCC[S@](=O)c2cc(Cl)ccc2Cl)s1. The molecule has 0 aliphatic heterocycles. The van der Waals surface area contributed by atoms with E-state index in [0.717, 1.165) is 8.68 Å². The molecule has 20 heavy (non-hydrogen) atoms. The topological polar surface area (TPSA) is 42.9 Å². The molecule has 0 aliphatic carbocycles. The van der Waals surface area contributed by atoms with E-state index in [2.05, 4.69) is 10.2 Å². The van der Waals surface area contributed by atoms with Crippen LogP contribution >= 0.6 is 58.1 Å². The Morgan fingerprint density at radius 2 is 2.05 bits per heavy atom. The number of benzene rings is 1. The molecule has 108 valence electrons. The summed E-state index contributed by atoms with van der Waals surface area (Å²) in [6, 6.07) is 5.01. The summed E-state index contributed by atoms with van der Waals surface area (Å²) in [5.41, 5.74) is 0. The first-order valence-corrected chi connectivity index (χ1v) is 10.5. The van der Waals surface area contributed by atoms with Crippen LogP contribution in [0.3, 0.4) is 0 Å². The molecule has 1 heterocycles. The van der Waals surface area contributed by atoms with Crippen LogP contribution in [0.25, 0.3) is 0 Å². The van der Waals surface area contributed by atoms with E-state index >= 15 is 0 Å². The summed E-state index contributed by atoms with van der Waals surface area (Å²) in [6.45, 7) is 0. The third kappa shape index (κ3) is 4.61. The van der Waals surface area contributed by atoms with Crippen molar-refractivity contribution >= 4 is 68.9 Å². The highest BCUT2D eigenvalue weighted by Gasteiger charge is 2.11. The molecule has 0 amide bonds. The van der Waals surface area contributed by atoms with E-state index in [1.165, 1.54) is 0 Å². The van der Waals surface area contributed by atoms with Gasteiger partial charge in [0, 0.05) is 16.5 Å². The van der Waals surface area contributed by atoms with E-state index in [0.29, 0.717) is 26.4 Å². The predicted molar refractivity (Wildman–Crippen MR) is 90.2 cm³/mol. The monoisotopic (exact) mass is 384 g/mol. The Balaban J connectivity index is 1.90. The van der Waals surface area contributed by atoms with Crippen LogP contribution in [0.15, 0.2) is 31.8 Å². The van der Waals surface area contributed by atoms with E-state index in [1.54, 1.807) is 53.1 Å². The second-order valence-corrected chi connectivity index (χ2v) is 9.27. The first-order valence-electron chi connectivity index (χ1n) is 5.44. The fraction of sp³-hybridized carbons (Fsp3) is 0.273. The number of thioether (sulfide) groups is 2. The largest absolute Gasteiger partial charge is 0.254 e. The van der Waals surface area contributed by atoms with E-state index in [1.807, 2.05) is 6.26 Å². The highest BCUT2D eigenvalue weighted by Crippen LogP contribution is 2.28. The number of nitrogens with zero attached hydrogens (tertiary/aromatic N) is 2. The molecule has 0 spiro atoms. The van der Waals surface area contributed by atoms with E-state index in [-0.39, 0.29) is 0 Å². The van der Waals surface area contributed by atoms with Gasteiger partial charge in [-0.3, -0.25) is 4.21 Å². The van der Waals surface area contributed by atoms with E-state index < -0.39 is 10.8 Å². The summed E-state index contributed by atoms with van der Waals surface area (Å²) in [7, 11) is -1.16. The van der Waals surface area contributed by atoms with Gasteiger partial charge in [-0.25, -0.2) is 0 Å². The third-order valence-corrected chi connectivity index (χ3v) is 7.57. The van der Waals surface area contributed by atoms with E-state index in [9.17, 15) is 4.21 Å². The van der Waals surface area contributed by atoms with Gasteiger partial charge < -0.3 is 0 Å². The van der Waals surface area contributed by atoms with Gasteiger partial charge in [-0.2, -0.15) is 0 Å². The van der Waals surface area contributed by atoms with E-state index in [4.69, 9.17) is 23.2 Å². The van der Waals surface area contributed by atoms with Crippen molar-refractivity contribution < 1.29 is 4.21 Å². The lowest BCUT2D eigenvalue weighted by atomic mass is 10.4. The van der Waals surface area contributed by atoms with Gasteiger partial charge >= 0.3 is 0 Å². The van der Waals surface area contributed by atoms with Crippen LogP contribution < -0.4 is 0 Å².